The van der Waals surface area contributed by atoms with Crippen LogP contribution in [-0.4, -0.2) is 4.98 Å². The zero-order valence-electron chi connectivity index (χ0n) is 18.0. The first-order valence-corrected chi connectivity index (χ1v) is 10.7. The molecule has 1 aromatic heterocycles. The Kier molecular flexibility index (Phi) is 5.08. The molecule has 0 saturated heterocycles. The van der Waals surface area contributed by atoms with Crippen molar-refractivity contribution in [2.45, 2.75) is 19.3 Å². The second-order valence-electron chi connectivity index (χ2n) is 8.80. The van der Waals surface area contributed by atoms with Crippen molar-refractivity contribution in [1.29, 1.82) is 0 Å². The largest absolute Gasteiger partial charge is 0.304 e. The Morgan fingerprint density at radius 2 is 1.47 bits per heavy atom. The number of benzene rings is 4. The first-order chi connectivity index (χ1) is 15.1. The normalized spacial score (nSPS) is 13.3. The van der Waals surface area contributed by atoms with Crippen molar-refractivity contribution >= 4 is 10.8 Å². The average Bonchev–Trinajstić information content (AvgIpc) is 3.05. The molecule has 0 bridgehead atoms. The summed E-state index contributed by atoms with van der Waals surface area (Å²) in [5.41, 5.74) is 9.94. The second-order valence-corrected chi connectivity index (χ2v) is 8.80. The summed E-state index contributed by atoms with van der Waals surface area (Å²) in [6, 6.07) is 35.9. The molecule has 0 aliphatic heterocycles. The summed E-state index contributed by atoms with van der Waals surface area (Å²) in [5, 5.41) is 2.35. The number of aromatic nitrogens is 1. The van der Waals surface area contributed by atoms with E-state index >= 15 is 0 Å². The minimum absolute atomic E-state index is 0. The predicted molar refractivity (Wildman–Crippen MR) is 129 cm³/mol. The maximum atomic E-state index is 4.69. The Labute approximate surface area is 202 Å². The van der Waals surface area contributed by atoms with E-state index in [-0.39, 0.29) is 25.5 Å². The van der Waals surface area contributed by atoms with Crippen LogP contribution >= 0.6 is 0 Å². The van der Waals surface area contributed by atoms with Gasteiger partial charge in [-0.15, -0.1) is 35.4 Å². The molecule has 0 unspecified atom stereocenters. The first-order valence-electron chi connectivity index (χ1n) is 10.7. The van der Waals surface area contributed by atoms with E-state index in [2.05, 4.69) is 110 Å². The molecule has 1 nitrogen and oxygen atoms in total. The Morgan fingerprint density at radius 3 is 2.38 bits per heavy atom. The fourth-order valence-electron chi connectivity index (χ4n) is 5.00. The molecule has 0 spiro atoms. The molecule has 6 rings (SSSR count). The summed E-state index contributed by atoms with van der Waals surface area (Å²) in [4.78, 5) is 4.69. The van der Waals surface area contributed by atoms with Crippen LogP contribution in [0.25, 0.3) is 44.3 Å². The van der Waals surface area contributed by atoms with E-state index in [1.54, 1.807) is 0 Å². The van der Waals surface area contributed by atoms with Crippen molar-refractivity contribution in [1.82, 2.24) is 4.98 Å². The standard InChI is InChI=1S/C30H22N.Ir/c1-30(2)27-13-6-5-12-25(27)26-15-14-22(19-28(26)30)21-9-7-10-23(18-21)29-24-11-4-3-8-20(24)16-17-31-29;/h3-9,11-19H,1-2H3;/q-1;. The Balaban J connectivity index is 0.00000216. The topological polar surface area (TPSA) is 12.9 Å². The summed E-state index contributed by atoms with van der Waals surface area (Å²) in [6.45, 7) is 4.65. The molecule has 5 aromatic rings. The van der Waals surface area contributed by atoms with Gasteiger partial charge in [0.15, 0.2) is 0 Å². The van der Waals surface area contributed by atoms with Crippen molar-refractivity contribution in [3.8, 4) is 33.5 Å². The van der Waals surface area contributed by atoms with Gasteiger partial charge in [0.05, 0.1) is 0 Å². The van der Waals surface area contributed by atoms with E-state index in [0.717, 1.165) is 16.6 Å². The minimum Gasteiger partial charge on any atom is -0.304 e. The van der Waals surface area contributed by atoms with Crippen LogP contribution in [0.2, 0.25) is 0 Å². The van der Waals surface area contributed by atoms with Gasteiger partial charge in [0.2, 0.25) is 0 Å². The van der Waals surface area contributed by atoms with Gasteiger partial charge in [-0.1, -0.05) is 80.6 Å². The van der Waals surface area contributed by atoms with E-state index in [9.17, 15) is 0 Å². The van der Waals surface area contributed by atoms with Gasteiger partial charge >= 0.3 is 0 Å². The molecule has 0 fully saturated rings. The van der Waals surface area contributed by atoms with Gasteiger partial charge in [0, 0.05) is 31.7 Å². The number of hydrogen-bond acceptors (Lipinski definition) is 1. The van der Waals surface area contributed by atoms with Crippen molar-refractivity contribution < 1.29 is 20.1 Å². The molecule has 157 valence electrons. The Bertz CT molecular complexity index is 1460. The van der Waals surface area contributed by atoms with Crippen LogP contribution in [0.15, 0.2) is 97.2 Å². The van der Waals surface area contributed by atoms with E-state index in [1.165, 1.54) is 38.8 Å². The van der Waals surface area contributed by atoms with Gasteiger partial charge < -0.3 is 4.98 Å². The number of fused-ring (bicyclic) bond motifs is 4. The zero-order valence-corrected chi connectivity index (χ0v) is 20.4. The zero-order chi connectivity index (χ0) is 21.0. The van der Waals surface area contributed by atoms with Gasteiger partial charge in [-0.3, -0.25) is 0 Å². The molecule has 0 saturated carbocycles. The third-order valence-electron chi connectivity index (χ3n) is 6.65. The molecule has 2 heteroatoms. The molecule has 32 heavy (non-hydrogen) atoms. The summed E-state index contributed by atoms with van der Waals surface area (Å²) >= 11 is 0. The minimum atomic E-state index is 0. The fourth-order valence-corrected chi connectivity index (χ4v) is 5.00. The summed E-state index contributed by atoms with van der Waals surface area (Å²) in [6.07, 6.45) is 1.88. The molecule has 1 aliphatic rings. The van der Waals surface area contributed by atoms with Gasteiger partial charge in [-0.05, 0) is 50.4 Å². The van der Waals surface area contributed by atoms with E-state index in [0.29, 0.717) is 0 Å². The van der Waals surface area contributed by atoms with E-state index in [4.69, 9.17) is 0 Å². The third kappa shape index (κ3) is 3.14. The van der Waals surface area contributed by atoms with Crippen LogP contribution in [0.3, 0.4) is 0 Å². The number of nitrogens with zero attached hydrogens (tertiary/aromatic N) is 1. The molecule has 0 atom stereocenters. The van der Waals surface area contributed by atoms with Crippen LogP contribution in [-0.2, 0) is 25.5 Å². The van der Waals surface area contributed by atoms with Gasteiger partial charge in [0.1, 0.15) is 0 Å². The van der Waals surface area contributed by atoms with Crippen LogP contribution in [0.1, 0.15) is 25.0 Å². The van der Waals surface area contributed by atoms with Gasteiger partial charge in [-0.2, -0.15) is 0 Å². The fraction of sp³-hybridized carbons (Fsp3) is 0.100. The quantitative estimate of drug-likeness (QED) is 0.193. The summed E-state index contributed by atoms with van der Waals surface area (Å²) < 4.78 is 0. The molecular weight excluding hydrogens is 567 g/mol. The van der Waals surface area contributed by atoms with Crippen LogP contribution in [0.4, 0.5) is 0 Å². The van der Waals surface area contributed by atoms with Crippen molar-refractivity contribution in [3.05, 3.63) is 114 Å². The molecule has 1 radical (unpaired) electrons. The van der Waals surface area contributed by atoms with Crippen molar-refractivity contribution in [2.24, 2.45) is 0 Å². The smallest absolute Gasteiger partial charge is 0.0167 e. The third-order valence-corrected chi connectivity index (χ3v) is 6.65. The molecule has 1 aliphatic carbocycles. The van der Waals surface area contributed by atoms with Crippen molar-refractivity contribution in [3.63, 3.8) is 0 Å². The van der Waals surface area contributed by atoms with E-state index in [1.807, 2.05) is 12.3 Å². The number of pyridine rings is 1. The molecule has 0 N–H and O–H groups in total. The summed E-state index contributed by atoms with van der Waals surface area (Å²) in [5.74, 6) is 0. The van der Waals surface area contributed by atoms with Crippen molar-refractivity contribution in [2.75, 3.05) is 0 Å². The Morgan fingerprint density at radius 1 is 0.719 bits per heavy atom. The molecule has 1 heterocycles. The predicted octanol–water partition coefficient (Wildman–Crippen LogP) is 7.67. The monoisotopic (exact) mass is 589 g/mol. The maximum absolute atomic E-state index is 4.69. The Hall–Kier alpha value is -3.06. The maximum Gasteiger partial charge on any atom is 0.0167 e. The average molecular weight is 589 g/mol. The molecular formula is C30H22IrN-. The summed E-state index contributed by atoms with van der Waals surface area (Å²) in [7, 11) is 0. The van der Waals surface area contributed by atoms with Gasteiger partial charge in [0.25, 0.3) is 0 Å². The number of hydrogen-bond donors (Lipinski definition) is 0. The second kappa shape index (κ2) is 7.81. The van der Waals surface area contributed by atoms with E-state index < -0.39 is 0 Å². The van der Waals surface area contributed by atoms with Crippen LogP contribution < -0.4 is 0 Å². The first kappa shape index (κ1) is 20.8. The molecule has 4 aromatic carbocycles. The van der Waals surface area contributed by atoms with Crippen LogP contribution in [0.5, 0.6) is 0 Å². The van der Waals surface area contributed by atoms with Crippen LogP contribution in [0, 0.1) is 6.07 Å². The molecule has 0 amide bonds. The SMILES string of the molecule is CC1(C)c2ccccc2-c2ccc(-c3cc[c-]c(-c4nccc5ccccc45)c3)cc21.[Ir]. The van der Waals surface area contributed by atoms with Gasteiger partial charge in [-0.25, -0.2) is 0 Å². The number of rotatable bonds is 2.